The SMILES string of the molecule is C[C@]12CC[C@H](OC(=O)C[N+](C)(C)C)CC1=CC[C@@H]1[C@@H]2CC[C@]2(C)C(=O)CC[C@@H]12. The van der Waals surface area contributed by atoms with Gasteiger partial charge >= 0.3 is 5.97 Å². The third kappa shape index (κ3) is 3.26. The van der Waals surface area contributed by atoms with Crippen molar-refractivity contribution in [1.82, 2.24) is 0 Å². The number of likely N-dealkylation sites (N-methyl/N-ethyl adjacent to an activating group) is 1. The molecule has 0 unspecified atom stereocenters. The van der Waals surface area contributed by atoms with Gasteiger partial charge in [-0.1, -0.05) is 25.5 Å². The number of ketones is 1. The Morgan fingerprint density at radius 2 is 1.79 bits per heavy atom. The molecule has 0 radical (unpaired) electrons. The first-order valence-electron chi connectivity index (χ1n) is 11.3. The fourth-order valence-electron chi connectivity index (χ4n) is 7.11. The minimum absolute atomic E-state index is 0.0387. The molecule has 0 aromatic rings. The highest BCUT2D eigenvalue weighted by atomic mass is 16.5. The molecular formula is C24H38NO3+. The quantitative estimate of drug-likeness (QED) is 0.415. The Balaban J connectivity index is 1.48. The molecule has 0 spiro atoms. The summed E-state index contributed by atoms with van der Waals surface area (Å²) in [6.45, 7) is 5.12. The normalized spacial score (nSPS) is 42.9. The van der Waals surface area contributed by atoms with Crippen LogP contribution in [0.1, 0.15) is 65.2 Å². The van der Waals surface area contributed by atoms with Crippen LogP contribution in [-0.2, 0) is 14.3 Å². The van der Waals surface area contributed by atoms with Crippen LogP contribution in [-0.4, -0.2) is 50.0 Å². The van der Waals surface area contributed by atoms with Crippen LogP contribution >= 0.6 is 0 Å². The Bertz CT molecular complexity index is 705. The van der Waals surface area contributed by atoms with Crippen molar-refractivity contribution < 1.29 is 18.8 Å². The molecule has 3 fully saturated rings. The van der Waals surface area contributed by atoms with E-state index in [1.807, 2.05) is 21.1 Å². The van der Waals surface area contributed by atoms with Crippen molar-refractivity contribution >= 4 is 11.8 Å². The van der Waals surface area contributed by atoms with Crippen molar-refractivity contribution in [2.75, 3.05) is 27.7 Å². The zero-order valence-corrected chi connectivity index (χ0v) is 18.4. The summed E-state index contributed by atoms with van der Waals surface area (Å²) in [6.07, 6.45) is 10.8. The predicted molar refractivity (Wildman–Crippen MR) is 109 cm³/mol. The number of nitrogens with zero attached hydrogens (tertiary/aromatic N) is 1. The van der Waals surface area contributed by atoms with Crippen molar-refractivity contribution in [3.63, 3.8) is 0 Å². The highest BCUT2D eigenvalue weighted by Crippen LogP contribution is 2.64. The summed E-state index contributed by atoms with van der Waals surface area (Å²) in [5.41, 5.74) is 1.70. The van der Waals surface area contributed by atoms with E-state index in [1.54, 1.807) is 0 Å². The Morgan fingerprint density at radius 1 is 1.11 bits per heavy atom. The number of allylic oxidation sites excluding steroid dienone is 1. The Hall–Kier alpha value is -1.16. The molecule has 0 saturated heterocycles. The summed E-state index contributed by atoms with van der Waals surface area (Å²) in [7, 11) is 6.06. The van der Waals surface area contributed by atoms with Crippen molar-refractivity contribution in [3.8, 4) is 0 Å². The lowest BCUT2D eigenvalue weighted by Gasteiger charge is -2.56. The molecule has 0 amide bonds. The topological polar surface area (TPSA) is 43.4 Å². The molecule has 0 aliphatic heterocycles. The van der Waals surface area contributed by atoms with E-state index in [0.717, 1.165) is 44.9 Å². The number of esters is 1. The zero-order valence-electron chi connectivity index (χ0n) is 18.4. The number of quaternary nitrogens is 1. The molecule has 4 aliphatic rings. The second kappa shape index (κ2) is 6.68. The van der Waals surface area contributed by atoms with Gasteiger partial charge in [-0.2, -0.15) is 0 Å². The summed E-state index contributed by atoms with van der Waals surface area (Å²) in [5, 5.41) is 0. The maximum Gasteiger partial charge on any atom is 0.362 e. The highest BCUT2D eigenvalue weighted by Gasteiger charge is 2.58. The second-order valence-electron chi connectivity index (χ2n) is 11.5. The molecule has 156 valence electrons. The van der Waals surface area contributed by atoms with Gasteiger partial charge in [0.05, 0.1) is 21.1 Å². The fourth-order valence-corrected chi connectivity index (χ4v) is 7.11. The molecule has 4 aliphatic carbocycles. The van der Waals surface area contributed by atoms with E-state index in [0.29, 0.717) is 34.6 Å². The number of ether oxygens (including phenoxy) is 1. The maximum absolute atomic E-state index is 12.5. The summed E-state index contributed by atoms with van der Waals surface area (Å²) < 4.78 is 6.46. The van der Waals surface area contributed by atoms with Crippen LogP contribution in [0.4, 0.5) is 0 Å². The molecule has 0 heterocycles. The summed E-state index contributed by atoms with van der Waals surface area (Å²) in [5.74, 6) is 2.38. The van der Waals surface area contributed by atoms with Crippen molar-refractivity contribution in [3.05, 3.63) is 11.6 Å². The molecule has 4 nitrogen and oxygen atoms in total. The summed E-state index contributed by atoms with van der Waals surface area (Å²) >= 11 is 0. The average molecular weight is 389 g/mol. The van der Waals surface area contributed by atoms with Gasteiger partial charge in [0.15, 0.2) is 6.54 Å². The maximum atomic E-state index is 12.5. The lowest BCUT2D eigenvalue weighted by Crippen LogP contribution is -2.51. The molecule has 0 N–H and O–H groups in total. The van der Waals surface area contributed by atoms with E-state index in [4.69, 9.17) is 4.74 Å². The number of carbonyl (C=O) groups excluding carboxylic acids is 2. The second-order valence-corrected chi connectivity index (χ2v) is 11.5. The van der Waals surface area contributed by atoms with Gasteiger partial charge in [-0.15, -0.1) is 0 Å². The van der Waals surface area contributed by atoms with Crippen molar-refractivity contribution in [2.24, 2.45) is 28.6 Å². The van der Waals surface area contributed by atoms with Gasteiger partial charge in [-0.3, -0.25) is 4.79 Å². The predicted octanol–water partition coefficient (Wildman–Crippen LogP) is 4.14. The average Bonchev–Trinajstić information content (AvgIpc) is 2.89. The van der Waals surface area contributed by atoms with Crippen LogP contribution < -0.4 is 0 Å². The number of hydrogen-bond acceptors (Lipinski definition) is 3. The molecule has 0 bridgehead atoms. The summed E-state index contributed by atoms with van der Waals surface area (Å²) in [6, 6.07) is 0. The third-order valence-corrected chi connectivity index (χ3v) is 8.67. The lowest BCUT2D eigenvalue weighted by molar-refractivity contribution is -0.862. The van der Waals surface area contributed by atoms with Crippen molar-refractivity contribution in [2.45, 2.75) is 71.3 Å². The monoisotopic (exact) mass is 388 g/mol. The Kier molecular flexibility index (Phi) is 4.80. The molecule has 4 heteroatoms. The molecule has 28 heavy (non-hydrogen) atoms. The minimum Gasteiger partial charge on any atom is -0.458 e. The zero-order chi connectivity index (χ0) is 20.3. The lowest BCUT2D eigenvalue weighted by atomic mass is 9.48. The molecule has 0 aromatic carbocycles. The molecule has 0 aromatic heterocycles. The van der Waals surface area contributed by atoms with Gasteiger partial charge in [0.25, 0.3) is 0 Å². The Morgan fingerprint density at radius 3 is 2.50 bits per heavy atom. The largest absolute Gasteiger partial charge is 0.458 e. The van der Waals surface area contributed by atoms with Gasteiger partial charge in [-0.25, -0.2) is 4.79 Å². The van der Waals surface area contributed by atoms with E-state index < -0.39 is 0 Å². The first kappa shape index (κ1) is 20.1. The van der Waals surface area contributed by atoms with E-state index in [-0.39, 0.29) is 22.9 Å². The number of hydrogen-bond donors (Lipinski definition) is 0. The van der Waals surface area contributed by atoms with Crippen molar-refractivity contribution in [1.29, 1.82) is 0 Å². The first-order chi connectivity index (χ1) is 13.0. The van der Waals surface area contributed by atoms with Gasteiger partial charge in [0.2, 0.25) is 0 Å². The van der Waals surface area contributed by atoms with Gasteiger partial charge in [0.1, 0.15) is 11.9 Å². The van der Waals surface area contributed by atoms with E-state index in [1.165, 1.54) is 12.0 Å². The van der Waals surface area contributed by atoms with Gasteiger partial charge < -0.3 is 9.22 Å². The van der Waals surface area contributed by atoms with Crippen LogP contribution in [0.3, 0.4) is 0 Å². The molecule has 6 atom stereocenters. The van der Waals surface area contributed by atoms with Crippen LogP contribution in [0, 0.1) is 28.6 Å². The minimum atomic E-state index is -0.0757. The first-order valence-corrected chi connectivity index (χ1v) is 11.3. The standard InChI is InChI=1S/C24H38NO3/c1-23-12-10-17(28-22(27)15-25(3,4)5)14-16(23)6-7-18-19-8-9-21(26)24(19,2)13-11-20(18)23/h6,17-20H,7-15H2,1-5H3/q+1/t17-,18-,19-,20-,23-,24-/m0/s1. The number of Topliss-reactive ketones (excluding diaryl/α,β-unsaturated/α-hetero) is 1. The van der Waals surface area contributed by atoms with Crippen LogP contribution in [0.15, 0.2) is 11.6 Å². The molecule has 3 saturated carbocycles. The van der Waals surface area contributed by atoms with Crippen LogP contribution in [0.25, 0.3) is 0 Å². The smallest absolute Gasteiger partial charge is 0.362 e. The number of carbonyl (C=O) groups is 2. The van der Waals surface area contributed by atoms with E-state index in [9.17, 15) is 9.59 Å². The van der Waals surface area contributed by atoms with E-state index in [2.05, 4.69) is 19.9 Å². The molecular weight excluding hydrogens is 350 g/mol. The summed E-state index contributed by atoms with van der Waals surface area (Å²) in [4.78, 5) is 24.8. The third-order valence-electron chi connectivity index (χ3n) is 8.67. The number of rotatable bonds is 3. The number of fused-ring (bicyclic) bond motifs is 5. The molecule has 4 rings (SSSR count). The van der Waals surface area contributed by atoms with Crippen LogP contribution in [0.5, 0.6) is 0 Å². The van der Waals surface area contributed by atoms with E-state index >= 15 is 0 Å². The van der Waals surface area contributed by atoms with Crippen LogP contribution in [0.2, 0.25) is 0 Å². The van der Waals surface area contributed by atoms with Gasteiger partial charge in [-0.05, 0) is 61.7 Å². The fraction of sp³-hybridized carbons (Fsp3) is 0.833. The van der Waals surface area contributed by atoms with Gasteiger partial charge in [0, 0.05) is 18.3 Å². The highest BCUT2D eigenvalue weighted by molar-refractivity contribution is 5.87. The Labute approximate surface area is 170 Å².